The second-order valence-corrected chi connectivity index (χ2v) is 8.07. The van der Waals surface area contributed by atoms with Crippen LogP contribution in [-0.2, 0) is 30.4 Å². The van der Waals surface area contributed by atoms with Gasteiger partial charge in [0.2, 0.25) is 23.6 Å². The van der Waals surface area contributed by atoms with Gasteiger partial charge in [-0.05, 0) is 31.4 Å². The SMILES string of the molecule is NCCCC[C@H](CC(=O)[C@H](Cc1ccccc1)NC(=O)CCO)C(=O)N[C@@H](CC(N)=O)C(N)=O. The first-order valence-corrected chi connectivity index (χ1v) is 11.2. The lowest BCUT2D eigenvalue weighted by Crippen LogP contribution is -2.49. The van der Waals surface area contributed by atoms with Gasteiger partial charge >= 0.3 is 0 Å². The molecule has 11 nitrogen and oxygen atoms in total. The number of carbonyl (C=O) groups is 5. The molecule has 0 heterocycles. The van der Waals surface area contributed by atoms with E-state index in [9.17, 15) is 24.0 Å². The third kappa shape index (κ3) is 11.0. The summed E-state index contributed by atoms with van der Waals surface area (Å²) in [4.78, 5) is 61.0. The van der Waals surface area contributed by atoms with Crippen LogP contribution in [0.2, 0.25) is 0 Å². The number of unbranched alkanes of at least 4 members (excludes halogenated alkanes) is 1. The molecule has 0 bridgehead atoms. The van der Waals surface area contributed by atoms with Gasteiger partial charge in [-0.1, -0.05) is 36.8 Å². The van der Waals surface area contributed by atoms with E-state index in [1.165, 1.54) is 0 Å². The van der Waals surface area contributed by atoms with Gasteiger partial charge in [0.15, 0.2) is 5.78 Å². The van der Waals surface area contributed by atoms with Gasteiger partial charge in [0.1, 0.15) is 6.04 Å². The van der Waals surface area contributed by atoms with E-state index < -0.39 is 48.1 Å². The average molecular weight is 478 g/mol. The standard InChI is InChI=1S/C23H35N5O6/c24-10-5-4-8-16(23(34)28-18(22(26)33)14-20(25)31)13-19(30)17(27-21(32)9-11-29)12-15-6-2-1-3-7-15/h1-3,6-7,16-18,29H,4-5,8-14,24H2,(H2,25,31)(H2,26,33)(H,27,32)(H,28,34)/t16-,17+,18+/m1/s1. The summed E-state index contributed by atoms with van der Waals surface area (Å²) in [6, 6.07) is 6.85. The average Bonchev–Trinajstić information content (AvgIpc) is 2.78. The number of hydrogen-bond acceptors (Lipinski definition) is 7. The Kier molecular flexibility index (Phi) is 13.1. The molecule has 34 heavy (non-hydrogen) atoms. The third-order valence-electron chi connectivity index (χ3n) is 5.24. The van der Waals surface area contributed by atoms with Gasteiger partial charge in [-0.25, -0.2) is 0 Å². The highest BCUT2D eigenvalue weighted by Gasteiger charge is 2.30. The van der Waals surface area contributed by atoms with Crippen LogP contribution in [0.4, 0.5) is 0 Å². The monoisotopic (exact) mass is 477 g/mol. The molecule has 3 atom stereocenters. The summed E-state index contributed by atoms with van der Waals surface area (Å²) >= 11 is 0. The molecule has 0 aromatic heterocycles. The molecule has 1 aromatic carbocycles. The Morgan fingerprint density at radius 2 is 1.59 bits per heavy atom. The van der Waals surface area contributed by atoms with E-state index in [-0.39, 0.29) is 31.7 Å². The van der Waals surface area contributed by atoms with Crippen molar-refractivity contribution in [2.75, 3.05) is 13.2 Å². The third-order valence-corrected chi connectivity index (χ3v) is 5.24. The van der Waals surface area contributed by atoms with Crippen LogP contribution >= 0.6 is 0 Å². The molecule has 9 N–H and O–H groups in total. The molecule has 1 aromatic rings. The molecule has 188 valence electrons. The maximum Gasteiger partial charge on any atom is 0.240 e. The molecule has 0 aliphatic rings. The highest BCUT2D eigenvalue weighted by molar-refractivity contribution is 5.95. The predicted molar refractivity (Wildman–Crippen MR) is 125 cm³/mol. The molecule has 0 aliphatic heterocycles. The van der Waals surface area contributed by atoms with E-state index in [1.54, 1.807) is 12.1 Å². The number of ketones is 1. The first kappa shape index (κ1) is 28.7. The maximum atomic E-state index is 13.2. The number of aliphatic hydroxyl groups excluding tert-OH is 1. The minimum atomic E-state index is -1.29. The summed E-state index contributed by atoms with van der Waals surface area (Å²) in [5.74, 6) is -4.05. The summed E-state index contributed by atoms with van der Waals surface area (Å²) in [5.41, 5.74) is 16.7. The Bertz CT molecular complexity index is 832. The van der Waals surface area contributed by atoms with Crippen LogP contribution in [0.5, 0.6) is 0 Å². The minimum absolute atomic E-state index is 0.160. The number of carbonyl (C=O) groups excluding carboxylic acids is 5. The largest absolute Gasteiger partial charge is 0.396 e. The number of rotatable bonds is 17. The van der Waals surface area contributed by atoms with E-state index >= 15 is 0 Å². The number of Topliss-reactive ketones (excluding diaryl/α,β-unsaturated/α-hetero) is 1. The van der Waals surface area contributed by atoms with Crippen molar-refractivity contribution in [2.24, 2.45) is 23.1 Å². The van der Waals surface area contributed by atoms with Gasteiger partial charge < -0.3 is 32.9 Å². The fraction of sp³-hybridized carbons (Fsp3) is 0.522. The maximum absolute atomic E-state index is 13.2. The van der Waals surface area contributed by atoms with Gasteiger partial charge in [-0.2, -0.15) is 0 Å². The smallest absolute Gasteiger partial charge is 0.240 e. The van der Waals surface area contributed by atoms with Crippen molar-refractivity contribution in [3.8, 4) is 0 Å². The molecule has 1 rings (SSSR count). The molecule has 0 saturated heterocycles. The van der Waals surface area contributed by atoms with Crippen molar-refractivity contribution in [3.05, 3.63) is 35.9 Å². The zero-order chi connectivity index (χ0) is 25.5. The van der Waals surface area contributed by atoms with E-state index in [0.29, 0.717) is 25.8 Å². The second-order valence-electron chi connectivity index (χ2n) is 8.07. The van der Waals surface area contributed by atoms with Crippen molar-refractivity contribution in [2.45, 2.75) is 57.0 Å². The summed E-state index contributed by atoms with van der Waals surface area (Å²) in [6.07, 6.45) is 0.859. The summed E-state index contributed by atoms with van der Waals surface area (Å²) in [5, 5.41) is 14.1. The minimum Gasteiger partial charge on any atom is -0.396 e. The second kappa shape index (κ2) is 15.5. The number of hydrogen-bond donors (Lipinski definition) is 6. The van der Waals surface area contributed by atoms with Crippen LogP contribution < -0.4 is 27.8 Å². The Labute approximate surface area is 198 Å². The van der Waals surface area contributed by atoms with Gasteiger partial charge in [0.25, 0.3) is 0 Å². The van der Waals surface area contributed by atoms with Gasteiger partial charge in [0.05, 0.1) is 19.1 Å². The van der Waals surface area contributed by atoms with Crippen molar-refractivity contribution < 1.29 is 29.1 Å². The normalized spacial score (nSPS) is 13.4. The van der Waals surface area contributed by atoms with Gasteiger partial charge in [0, 0.05) is 18.8 Å². The lowest BCUT2D eigenvalue weighted by molar-refractivity contribution is -0.134. The van der Waals surface area contributed by atoms with Crippen LogP contribution in [0, 0.1) is 5.92 Å². The summed E-state index contributed by atoms with van der Waals surface area (Å²) < 4.78 is 0. The highest BCUT2D eigenvalue weighted by atomic mass is 16.3. The molecule has 4 amide bonds. The highest BCUT2D eigenvalue weighted by Crippen LogP contribution is 2.17. The Balaban J connectivity index is 3.03. The number of nitrogens with one attached hydrogen (secondary N) is 2. The van der Waals surface area contributed by atoms with Crippen LogP contribution in [0.15, 0.2) is 30.3 Å². The van der Waals surface area contributed by atoms with Crippen molar-refractivity contribution >= 4 is 29.4 Å². The predicted octanol–water partition coefficient (Wildman–Crippen LogP) is -1.35. The van der Waals surface area contributed by atoms with Crippen LogP contribution in [0.1, 0.15) is 44.1 Å². The molecule has 0 spiro atoms. The van der Waals surface area contributed by atoms with Crippen LogP contribution in [0.3, 0.4) is 0 Å². The number of nitrogens with two attached hydrogens (primary N) is 3. The first-order valence-electron chi connectivity index (χ1n) is 11.2. The fourth-order valence-electron chi connectivity index (χ4n) is 3.42. The zero-order valence-corrected chi connectivity index (χ0v) is 19.2. The lowest BCUT2D eigenvalue weighted by Gasteiger charge is -2.23. The van der Waals surface area contributed by atoms with Gasteiger partial charge in [-0.3, -0.25) is 24.0 Å². The number of amides is 4. The van der Waals surface area contributed by atoms with E-state index in [1.807, 2.05) is 18.2 Å². The summed E-state index contributed by atoms with van der Waals surface area (Å²) in [6.45, 7) is 0.0400. The molecule has 11 heteroatoms. The van der Waals surface area contributed by atoms with E-state index in [2.05, 4.69) is 10.6 Å². The number of primary amides is 2. The van der Waals surface area contributed by atoms with Crippen molar-refractivity contribution in [1.82, 2.24) is 10.6 Å². The molecule has 0 saturated carbocycles. The quantitative estimate of drug-likeness (QED) is 0.148. The van der Waals surface area contributed by atoms with Crippen LogP contribution in [-0.4, -0.2) is 59.8 Å². The lowest BCUT2D eigenvalue weighted by atomic mass is 9.90. The van der Waals surface area contributed by atoms with Crippen molar-refractivity contribution in [1.29, 1.82) is 0 Å². The molecular weight excluding hydrogens is 442 g/mol. The molecule has 0 aliphatic carbocycles. The zero-order valence-electron chi connectivity index (χ0n) is 19.2. The number of aliphatic hydroxyl groups is 1. The Morgan fingerprint density at radius 1 is 0.912 bits per heavy atom. The number of benzene rings is 1. The molecule has 0 fully saturated rings. The Hall–Kier alpha value is -3.31. The molecule has 0 radical (unpaired) electrons. The van der Waals surface area contributed by atoms with Crippen molar-refractivity contribution in [3.63, 3.8) is 0 Å². The summed E-state index contributed by atoms with van der Waals surface area (Å²) in [7, 11) is 0. The Morgan fingerprint density at radius 3 is 2.15 bits per heavy atom. The molecular formula is C23H35N5O6. The first-order chi connectivity index (χ1) is 16.2. The van der Waals surface area contributed by atoms with Crippen LogP contribution in [0.25, 0.3) is 0 Å². The fourth-order valence-corrected chi connectivity index (χ4v) is 3.42. The topological polar surface area (TPSA) is 208 Å². The van der Waals surface area contributed by atoms with E-state index in [4.69, 9.17) is 22.3 Å². The van der Waals surface area contributed by atoms with Gasteiger partial charge in [-0.15, -0.1) is 0 Å². The molecule has 0 unspecified atom stereocenters. The van der Waals surface area contributed by atoms with E-state index in [0.717, 1.165) is 5.56 Å².